The molecule has 0 unspecified atom stereocenters. The first-order valence-corrected chi connectivity index (χ1v) is 10.2. The molecule has 1 saturated heterocycles. The third-order valence-electron chi connectivity index (χ3n) is 4.62. The highest BCUT2D eigenvalue weighted by Gasteiger charge is 2.23. The summed E-state index contributed by atoms with van der Waals surface area (Å²) in [5, 5.41) is 6.74. The molecule has 6 nitrogen and oxygen atoms in total. The first kappa shape index (κ1) is 21.4. The number of nitrogens with one attached hydrogen (secondary N) is 2. The number of thiocarbonyl (C=S) groups is 1. The van der Waals surface area contributed by atoms with Crippen LogP contribution < -0.4 is 15.5 Å². The number of hydrogen-bond donors (Lipinski definition) is 2. The van der Waals surface area contributed by atoms with E-state index in [0.29, 0.717) is 47.5 Å². The Hall–Kier alpha value is -2.35. The predicted molar refractivity (Wildman–Crippen MR) is 121 cm³/mol. The molecule has 2 aromatic rings. The smallest absolute Gasteiger partial charge is 0.258 e. The van der Waals surface area contributed by atoms with E-state index in [0.717, 1.165) is 5.69 Å². The monoisotopic (exact) mass is 450 g/mol. The van der Waals surface area contributed by atoms with Gasteiger partial charge in [0.25, 0.3) is 5.91 Å². The highest BCUT2D eigenvalue weighted by molar-refractivity contribution is 7.80. The molecule has 152 valence electrons. The van der Waals surface area contributed by atoms with Crippen LogP contribution in [0.3, 0.4) is 0 Å². The molecular formula is C20H20Cl2N4O2S. The second-order valence-electron chi connectivity index (χ2n) is 6.52. The van der Waals surface area contributed by atoms with Crippen molar-refractivity contribution in [1.29, 1.82) is 0 Å². The number of hydrogen-bond acceptors (Lipinski definition) is 4. The summed E-state index contributed by atoms with van der Waals surface area (Å²) in [6.07, 6.45) is 0. The van der Waals surface area contributed by atoms with E-state index in [-0.39, 0.29) is 11.0 Å². The lowest BCUT2D eigenvalue weighted by molar-refractivity contribution is -0.129. The molecule has 0 atom stereocenters. The Labute approximate surface area is 184 Å². The van der Waals surface area contributed by atoms with Gasteiger partial charge in [-0.2, -0.15) is 0 Å². The lowest BCUT2D eigenvalue weighted by Crippen LogP contribution is -2.48. The fourth-order valence-electron chi connectivity index (χ4n) is 3.15. The van der Waals surface area contributed by atoms with Crippen molar-refractivity contribution in [1.82, 2.24) is 10.2 Å². The van der Waals surface area contributed by atoms with Crippen LogP contribution in [-0.4, -0.2) is 48.0 Å². The first-order chi connectivity index (χ1) is 13.9. The van der Waals surface area contributed by atoms with Gasteiger partial charge in [-0.1, -0.05) is 41.4 Å². The lowest BCUT2D eigenvalue weighted by Gasteiger charge is -2.37. The van der Waals surface area contributed by atoms with Crippen LogP contribution in [0.5, 0.6) is 0 Å². The van der Waals surface area contributed by atoms with Gasteiger partial charge in [0.2, 0.25) is 5.91 Å². The van der Waals surface area contributed by atoms with Gasteiger partial charge in [-0.25, -0.2) is 0 Å². The minimum Gasteiger partial charge on any atom is -0.365 e. The molecule has 3 rings (SSSR count). The van der Waals surface area contributed by atoms with E-state index in [1.54, 1.807) is 48.2 Å². The average Bonchev–Trinajstić information content (AvgIpc) is 2.68. The van der Waals surface area contributed by atoms with Crippen LogP contribution in [-0.2, 0) is 4.79 Å². The van der Waals surface area contributed by atoms with Gasteiger partial charge < -0.3 is 15.1 Å². The third kappa shape index (κ3) is 5.18. The molecule has 0 radical (unpaired) electrons. The van der Waals surface area contributed by atoms with Gasteiger partial charge in [0.15, 0.2) is 5.11 Å². The van der Waals surface area contributed by atoms with Gasteiger partial charge in [-0.05, 0) is 36.5 Å². The minimum atomic E-state index is -0.397. The lowest BCUT2D eigenvalue weighted by atomic mass is 10.2. The number of rotatable bonds is 3. The number of halogens is 2. The van der Waals surface area contributed by atoms with Gasteiger partial charge in [0.1, 0.15) is 0 Å². The Kier molecular flexibility index (Phi) is 6.95. The number of nitrogens with zero attached hydrogens (tertiary/aromatic N) is 2. The summed E-state index contributed by atoms with van der Waals surface area (Å²) in [5.41, 5.74) is 1.80. The van der Waals surface area contributed by atoms with Crippen molar-refractivity contribution in [2.75, 3.05) is 36.4 Å². The van der Waals surface area contributed by atoms with Crippen LogP contribution in [0.2, 0.25) is 10.0 Å². The maximum Gasteiger partial charge on any atom is 0.258 e. The molecule has 1 fully saturated rings. The Morgan fingerprint density at radius 1 is 0.966 bits per heavy atom. The van der Waals surface area contributed by atoms with Gasteiger partial charge >= 0.3 is 0 Å². The largest absolute Gasteiger partial charge is 0.365 e. The molecule has 2 N–H and O–H groups in total. The van der Waals surface area contributed by atoms with Crippen molar-refractivity contribution >= 4 is 63.7 Å². The predicted octanol–water partition coefficient (Wildman–Crippen LogP) is 3.79. The van der Waals surface area contributed by atoms with E-state index in [9.17, 15) is 9.59 Å². The summed E-state index contributed by atoms with van der Waals surface area (Å²) < 4.78 is 0. The highest BCUT2D eigenvalue weighted by atomic mass is 35.5. The van der Waals surface area contributed by atoms with Crippen molar-refractivity contribution < 1.29 is 9.59 Å². The van der Waals surface area contributed by atoms with Crippen molar-refractivity contribution in [2.45, 2.75) is 6.92 Å². The van der Waals surface area contributed by atoms with Crippen LogP contribution in [0.25, 0.3) is 0 Å². The number of carbonyl (C=O) groups excluding carboxylic acids is 2. The Morgan fingerprint density at radius 2 is 1.62 bits per heavy atom. The Balaban J connectivity index is 1.72. The van der Waals surface area contributed by atoms with E-state index in [4.69, 9.17) is 35.4 Å². The highest BCUT2D eigenvalue weighted by Crippen LogP contribution is 2.34. The second kappa shape index (κ2) is 9.43. The molecule has 0 spiro atoms. The zero-order chi connectivity index (χ0) is 21.0. The molecule has 0 aromatic heterocycles. The van der Waals surface area contributed by atoms with E-state index in [1.807, 2.05) is 6.07 Å². The number of anilines is 2. The molecule has 0 aliphatic carbocycles. The molecule has 2 amide bonds. The molecule has 1 heterocycles. The zero-order valence-electron chi connectivity index (χ0n) is 15.7. The number of carbonyl (C=O) groups is 2. The average molecular weight is 451 g/mol. The summed E-state index contributed by atoms with van der Waals surface area (Å²) >= 11 is 17.8. The molecule has 1 aliphatic heterocycles. The SMILES string of the molecule is CC(=O)N1CCN(c2c(Cl)cccc2NC(=S)NC(=O)c2ccccc2Cl)CC1. The van der Waals surface area contributed by atoms with Crippen LogP contribution in [0, 0.1) is 0 Å². The Morgan fingerprint density at radius 3 is 2.28 bits per heavy atom. The molecule has 1 aliphatic rings. The summed E-state index contributed by atoms with van der Waals surface area (Å²) in [4.78, 5) is 27.9. The van der Waals surface area contributed by atoms with Gasteiger partial charge in [0, 0.05) is 33.1 Å². The fraction of sp³-hybridized carbons (Fsp3) is 0.250. The second-order valence-corrected chi connectivity index (χ2v) is 7.74. The standard InChI is InChI=1S/C20H20Cl2N4O2S/c1-13(27)25-9-11-26(12-10-25)18-16(22)7-4-8-17(18)23-20(29)24-19(28)14-5-2-3-6-15(14)21/h2-8H,9-12H2,1H3,(H2,23,24,28,29). The number of amides is 2. The van der Waals surface area contributed by atoms with E-state index in [1.165, 1.54) is 0 Å². The van der Waals surface area contributed by atoms with Crippen LogP contribution in [0.15, 0.2) is 42.5 Å². The van der Waals surface area contributed by atoms with E-state index >= 15 is 0 Å². The fourth-order valence-corrected chi connectivity index (χ4v) is 3.87. The summed E-state index contributed by atoms with van der Waals surface area (Å²) in [6, 6.07) is 12.2. The van der Waals surface area contributed by atoms with Gasteiger partial charge in [0.05, 0.1) is 27.0 Å². The van der Waals surface area contributed by atoms with Crippen LogP contribution in [0.1, 0.15) is 17.3 Å². The van der Waals surface area contributed by atoms with Crippen molar-refractivity contribution in [2.24, 2.45) is 0 Å². The van der Waals surface area contributed by atoms with Crippen molar-refractivity contribution in [3.63, 3.8) is 0 Å². The normalized spacial score (nSPS) is 13.8. The topological polar surface area (TPSA) is 64.7 Å². The molecule has 0 saturated carbocycles. The maximum atomic E-state index is 12.4. The quantitative estimate of drug-likeness (QED) is 0.696. The van der Waals surface area contributed by atoms with E-state index in [2.05, 4.69) is 15.5 Å². The summed E-state index contributed by atoms with van der Waals surface area (Å²) in [7, 11) is 0. The Bertz CT molecular complexity index is 946. The summed E-state index contributed by atoms with van der Waals surface area (Å²) in [5.74, 6) is -0.336. The first-order valence-electron chi connectivity index (χ1n) is 9.02. The molecule has 0 bridgehead atoms. The van der Waals surface area contributed by atoms with Gasteiger partial charge in [-0.3, -0.25) is 14.9 Å². The summed E-state index contributed by atoms with van der Waals surface area (Å²) in [6.45, 7) is 4.10. The minimum absolute atomic E-state index is 0.0608. The molecule has 9 heteroatoms. The van der Waals surface area contributed by atoms with Gasteiger partial charge in [-0.15, -0.1) is 0 Å². The van der Waals surface area contributed by atoms with Crippen LogP contribution >= 0.6 is 35.4 Å². The number of para-hydroxylation sites is 1. The van der Waals surface area contributed by atoms with Crippen molar-refractivity contribution in [3.05, 3.63) is 58.1 Å². The zero-order valence-corrected chi connectivity index (χ0v) is 18.1. The maximum absolute atomic E-state index is 12.4. The third-order valence-corrected chi connectivity index (χ3v) is 5.46. The van der Waals surface area contributed by atoms with Crippen LogP contribution in [0.4, 0.5) is 11.4 Å². The molecule has 29 heavy (non-hydrogen) atoms. The van der Waals surface area contributed by atoms with Crippen molar-refractivity contribution in [3.8, 4) is 0 Å². The molecule has 2 aromatic carbocycles. The number of benzene rings is 2. The molecular weight excluding hydrogens is 431 g/mol. The van der Waals surface area contributed by atoms with E-state index < -0.39 is 5.91 Å². The number of piperazine rings is 1.